The van der Waals surface area contributed by atoms with E-state index in [2.05, 4.69) is 21.4 Å². The van der Waals surface area contributed by atoms with Gasteiger partial charge in [-0.15, -0.1) is 0 Å². The van der Waals surface area contributed by atoms with Crippen LogP contribution in [-0.2, 0) is 6.42 Å². The maximum Gasteiger partial charge on any atom is 0.143 e. The first-order valence-electron chi connectivity index (χ1n) is 7.80. The van der Waals surface area contributed by atoms with Crippen LogP contribution in [0.15, 0.2) is 60.9 Å². The lowest BCUT2D eigenvalue weighted by Gasteiger charge is -2.09. The van der Waals surface area contributed by atoms with E-state index in [1.54, 1.807) is 6.07 Å². The minimum absolute atomic E-state index is 0.420. The number of pyridine rings is 2. The lowest BCUT2D eigenvalue weighted by atomic mass is 10.1. The van der Waals surface area contributed by atoms with Gasteiger partial charge in [-0.05, 0) is 24.3 Å². The number of nitrogens with one attached hydrogen (secondary N) is 1. The number of para-hydroxylation sites is 1. The van der Waals surface area contributed by atoms with Crippen molar-refractivity contribution in [1.82, 2.24) is 14.4 Å². The van der Waals surface area contributed by atoms with E-state index < -0.39 is 0 Å². The van der Waals surface area contributed by atoms with Crippen molar-refractivity contribution in [3.8, 4) is 6.07 Å². The van der Waals surface area contributed by atoms with Crippen LogP contribution in [0.5, 0.6) is 0 Å². The summed E-state index contributed by atoms with van der Waals surface area (Å²) in [7, 11) is 0. The Morgan fingerprint density at radius 2 is 1.96 bits per heavy atom. The molecule has 0 atom stereocenters. The molecule has 0 saturated heterocycles. The molecule has 1 N–H and O–H groups in total. The zero-order chi connectivity index (χ0) is 16.4. The average Bonchev–Trinajstić information content (AvgIpc) is 3.04. The normalized spacial score (nSPS) is 10.8. The Balaban J connectivity index is 1.55. The van der Waals surface area contributed by atoms with Gasteiger partial charge in [0.25, 0.3) is 0 Å². The van der Waals surface area contributed by atoms with Crippen molar-refractivity contribution in [2.24, 2.45) is 0 Å². The maximum atomic E-state index is 9.15. The Kier molecular flexibility index (Phi) is 3.56. The summed E-state index contributed by atoms with van der Waals surface area (Å²) in [4.78, 5) is 8.93. The molecule has 4 aromatic rings. The second kappa shape index (κ2) is 6.01. The number of hydrogen-bond donors (Lipinski definition) is 1. The van der Waals surface area contributed by atoms with E-state index >= 15 is 0 Å². The fourth-order valence-electron chi connectivity index (χ4n) is 2.81. The number of rotatable bonds is 4. The largest absolute Gasteiger partial charge is 0.384 e. The number of hydrogen-bond acceptors (Lipinski definition) is 4. The third-order valence-electron chi connectivity index (χ3n) is 3.94. The number of imidazole rings is 1. The predicted molar refractivity (Wildman–Crippen MR) is 93.8 cm³/mol. The molecule has 0 saturated carbocycles. The van der Waals surface area contributed by atoms with Crippen LogP contribution < -0.4 is 5.32 Å². The van der Waals surface area contributed by atoms with Crippen LogP contribution in [0.2, 0.25) is 0 Å². The van der Waals surface area contributed by atoms with Gasteiger partial charge in [-0.3, -0.25) is 0 Å². The van der Waals surface area contributed by atoms with Gasteiger partial charge in [0, 0.05) is 36.4 Å². The smallest absolute Gasteiger partial charge is 0.143 e. The van der Waals surface area contributed by atoms with Gasteiger partial charge in [0.1, 0.15) is 17.4 Å². The molecule has 0 amide bonds. The van der Waals surface area contributed by atoms with E-state index in [0.717, 1.165) is 40.9 Å². The summed E-state index contributed by atoms with van der Waals surface area (Å²) in [6.07, 6.45) is 4.84. The van der Waals surface area contributed by atoms with Crippen molar-refractivity contribution in [3.05, 3.63) is 72.3 Å². The summed E-state index contributed by atoms with van der Waals surface area (Å²) in [5.74, 6) is 0. The average molecular weight is 313 g/mol. The zero-order valence-corrected chi connectivity index (χ0v) is 13.0. The number of nitrogens with zero attached hydrogens (tertiary/aromatic N) is 4. The summed E-state index contributed by atoms with van der Waals surface area (Å²) in [5.41, 5.74) is 4.16. The van der Waals surface area contributed by atoms with E-state index in [9.17, 15) is 0 Å². The van der Waals surface area contributed by atoms with Crippen molar-refractivity contribution >= 4 is 22.2 Å². The van der Waals surface area contributed by atoms with Crippen LogP contribution in [0.25, 0.3) is 16.6 Å². The number of fused-ring (bicyclic) bond motifs is 2. The highest BCUT2D eigenvalue weighted by Crippen LogP contribution is 2.22. The molecule has 5 nitrogen and oxygen atoms in total. The molecule has 0 fully saturated rings. The minimum Gasteiger partial charge on any atom is -0.384 e. The molecule has 0 unspecified atom stereocenters. The van der Waals surface area contributed by atoms with Crippen LogP contribution in [0.4, 0.5) is 5.69 Å². The Hall–Kier alpha value is -3.39. The van der Waals surface area contributed by atoms with Gasteiger partial charge in [-0.25, -0.2) is 9.97 Å². The molecule has 0 radical (unpaired) electrons. The zero-order valence-electron chi connectivity index (χ0n) is 13.0. The first-order valence-corrected chi connectivity index (χ1v) is 7.80. The number of benzene rings is 1. The highest BCUT2D eigenvalue weighted by molar-refractivity contribution is 5.91. The van der Waals surface area contributed by atoms with E-state index in [1.165, 1.54) is 0 Å². The third-order valence-corrected chi connectivity index (χ3v) is 3.94. The first-order chi connectivity index (χ1) is 11.8. The van der Waals surface area contributed by atoms with Crippen LogP contribution in [0.1, 0.15) is 11.4 Å². The summed E-state index contributed by atoms with van der Waals surface area (Å²) in [6.45, 7) is 0.739. The van der Waals surface area contributed by atoms with Crippen molar-refractivity contribution in [1.29, 1.82) is 5.26 Å². The van der Waals surface area contributed by atoms with Crippen LogP contribution in [0, 0.1) is 11.3 Å². The summed E-state index contributed by atoms with van der Waals surface area (Å²) in [6, 6.07) is 17.7. The molecule has 24 heavy (non-hydrogen) atoms. The topological polar surface area (TPSA) is 66.0 Å². The lowest BCUT2D eigenvalue weighted by molar-refractivity contribution is 0.980. The monoisotopic (exact) mass is 313 g/mol. The molecule has 5 heteroatoms. The van der Waals surface area contributed by atoms with E-state index in [1.807, 2.05) is 59.3 Å². The molecule has 3 aromatic heterocycles. The molecule has 0 aliphatic carbocycles. The fourth-order valence-corrected chi connectivity index (χ4v) is 2.81. The summed E-state index contributed by atoms with van der Waals surface area (Å²) < 4.78 is 2.02. The molecule has 116 valence electrons. The van der Waals surface area contributed by atoms with Gasteiger partial charge >= 0.3 is 0 Å². The van der Waals surface area contributed by atoms with Gasteiger partial charge in [0.15, 0.2) is 0 Å². The third kappa shape index (κ3) is 2.66. The SMILES string of the molecule is N#Cc1cc(NCCc2cn3ccccc3n2)c2ccccc2n1. The molecule has 0 aliphatic heterocycles. The standard InChI is InChI=1S/C19H15N5/c20-12-15-11-18(16-5-1-2-6-17(16)22-15)21-9-8-14-13-24-10-4-3-7-19(24)23-14/h1-7,10-11,13H,8-9H2,(H,21,22). The number of nitriles is 1. The van der Waals surface area contributed by atoms with E-state index in [4.69, 9.17) is 5.26 Å². The minimum atomic E-state index is 0.420. The first kappa shape index (κ1) is 14.2. The summed E-state index contributed by atoms with van der Waals surface area (Å²) in [5, 5.41) is 13.6. The van der Waals surface area contributed by atoms with Gasteiger partial charge in [0.2, 0.25) is 0 Å². The van der Waals surface area contributed by atoms with Crippen LogP contribution in [-0.4, -0.2) is 20.9 Å². The quantitative estimate of drug-likeness (QED) is 0.627. The number of aromatic nitrogens is 3. The Morgan fingerprint density at radius 3 is 2.83 bits per heavy atom. The molecule has 4 rings (SSSR count). The van der Waals surface area contributed by atoms with Gasteiger partial charge < -0.3 is 9.72 Å². The Morgan fingerprint density at radius 1 is 1.08 bits per heavy atom. The van der Waals surface area contributed by atoms with Gasteiger partial charge in [-0.1, -0.05) is 24.3 Å². The van der Waals surface area contributed by atoms with Crippen LogP contribution >= 0.6 is 0 Å². The number of anilines is 1. The fraction of sp³-hybridized carbons (Fsp3) is 0.105. The van der Waals surface area contributed by atoms with Crippen LogP contribution in [0.3, 0.4) is 0 Å². The molecular weight excluding hydrogens is 298 g/mol. The molecule has 0 bridgehead atoms. The van der Waals surface area contributed by atoms with E-state index in [-0.39, 0.29) is 0 Å². The highest BCUT2D eigenvalue weighted by Gasteiger charge is 2.06. The molecule has 0 aliphatic rings. The van der Waals surface area contributed by atoms with Gasteiger partial charge in [0.05, 0.1) is 11.2 Å². The van der Waals surface area contributed by atoms with Crippen molar-refractivity contribution in [3.63, 3.8) is 0 Å². The van der Waals surface area contributed by atoms with E-state index in [0.29, 0.717) is 5.69 Å². The van der Waals surface area contributed by atoms with Crippen molar-refractivity contribution in [2.45, 2.75) is 6.42 Å². The molecule has 3 heterocycles. The molecular formula is C19H15N5. The lowest BCUT2D eigenvalue weighted by Crippen LogP contribution is -2.06. The second-order valence-electron chi connectivity index (χ2n) is 5.56. The summed E-state index contributed by atoms with van der Waals surface area (Å²) >= 11 is 0. The van der Waals surface area contributed by atoms with Crippen molar-refractivity contribution < 1.29 is 0 Å². The van der Waals surface area contributed by atoms with Gasteiger partial charge in [-0.2, -0.15) is 5.26 Å². The highest BCUT2D eigenvalue weighted by atomic mass is 15.0. The Labute approximate surface area is 139 Å². The molecule has 0 spiro atoms. The Bertz CT molecular complexity index is 1030. The van der Waals surface area contributed by atoms with Crippen molar-refractivity contribution in [2.75, 3.05) is 11.9 Å². The second-order valence-corrected chi connectivity index (χ2v) is 5.56. The maximum absolute atomic E-state index is 9.15. The molecule has 1 aromatic carbocycles. The predicted octanol–water partition coefficient (Wildman–Crippen LogP) is 3.41.